The molecule has 2 atom stereocenters. The van der Waals surface area contributed by atoms with Gasteiger partial charge in [0.05, 0.1) is 11.7 Å². The van der Waals surface area contributed by atoms with Crippen LogP contribution in [-0.4, -0.2) is 23.2 Å². The van der Waals surface area contributed by atoms with Crippen molar-refractivity contribution in [2.45, 2.75) is 26.0 Å². The summed E-state index contributed by atoms with van der Waals surface area (Å²) in [6, 6.07) is 17.3. The summed E-state index contributed by atoms with van der Waals surface area (Å²) in [6.45, 7) is 3.96. The molecule has 2 aromatic carbocycles. The third-order valence-corrected chi connectivity index (χ3v) is 3.52. The van der Waals surface area contributed by atoms with Crippen molar-refractivity contribution in [2.75, 3.05) is 7.05 Å². The summed E-state index contributed by atoms with van der Waals surface area (Å²) >= 11 is 0. The fourth-order valence-corrected chi connectivity index (χ4v) is 1.95. The predicted molar refractivity (Wildman–Crippen MR) is 84.3 cm³/mol. The Morgan fingerprint density at radius 2 is 1.62 bits per heavy atom. The van der Waals surface area contributed by atoms with Crippen LogP contribution in [0.4, 0.5) is 5.69 Å². The van der Waals surface area contributed by atoms with Crippen molar-refractivity contribution in [1.29, 1.82) is 0 Å². The minimum absolute atomic E-state index is 0.165. The molecule has 0 amide bonds. The van der Waals surface area contributed by atoms with E-state index in [1.165, 1.54) is 5.56 Å². The number of aryl methyl sites for hydroxylation is 1. The van der Waals surface area contributed by atoms with Gasteiger partial charge in [0.15, 0.2) is 0 Å². The topological polar surface area (TPSA) is 48.2 Å². The maximum absolute atomic E-state index is 10.3. The molecule has 0 aliphatic carbocycles. The van der Waals surface area contributed by atoms with E-state index < -0.39 is 6.10 Å². The summed E-state index contributed by atoms with van der Waals surface area (Å²) in [4.78, 5) is 0. The van der Waals surface area contributed by atoms with E-state index in [9.17, 15) is 5.11 Å². The summed E-state index contributed by atoms with van der Waals surface area (Å²) in [6.07, 6.45) is -0.604. The van der Waals surface area contributed by atoms with Crippen molar-refractivity contribution in [3.63, 3.8) is 0 Å². The molecular formula is C17H21N3O. The Bertz CT molecular complexity index is 581. The van der Waals surface area contributed by atoms with E-state index in [1.54, 1.807) is 5.01 Å². The number of hydrogen-bond donors (Lipinski definition) is 1. The molecule has 2 aromatic rings. The molecule has 0 aliphatic rings. The van der Waals surface area contributed by atoms with E-state index >= 15 is 0 Å². The highest BCUT2D eigenvalue weighted by Crippen LogP contribution is 2.21. The largest absolute Gasteiger partial charge is 0.386 e. The van der Waals surface area contributed by atoms with Crippen molar-refractivity contribution in [2.24, 2.45) is 10.3 Å². The SMILES string of the molecule is Cc1ccc(N=NN(C)[C@H](C)[C@@H](O)c2ccccc2)cc1. The number of aliphatic hydroxyl groups is 1. The first-order valence-corrected chi connectivity index (χ1v) is 7.02. The molecule has 0 fully saturated rings. The maximum Gasteiger partial charge on any atom is 0.101 e. The highest BCUT2D eigenvalue weighted by molar-refractivity contribution is 5.37. The monoisotopic (exact) mass is 283 g/mol. The lowest BCUT2D eigenvalue weighted by molar-refractivity contribution is 0.0701. The molecule has 4 heteroatoms. The van der Waals surface area contributed by atoms with Gasteiger partial charge in [-0.25, -0.2) is 0 Å². The molecular weight excluding hydrogens is 262 g/mol. The van der Waals surface area contributed by atoms with Gasteiger partial charge in [0.25, 0.3) is 0 Å². The van der Waals surface area contributed by atoms with Crippen molar-refractivity contribution in [3.05, 3.63) is 65.7 Å². The molecule has 0 unspecified atom stereocenters. The molecule has 1 N–H and O–H groups in total. The van der Waals surface area contributed by atoms with Crippen LogP contribution in [0.3, 0.4) is 0 Å². The Hall–Kier alpha value is -2.20. The number of rotatable bonds is 5. The standard InChI is InChI=1S/C17H21N3O/c1-13-9-11-16(12-10-13)18-19-20(3)14(2)17(21)15-7-5-4-6-8-15/h4-12,14,17,21H,1-3H3/t14-,17-/m1/s1. The Morgan fingerprint density at radius 3 is 2.24 bits per heavy atom. The highest BCUT2D eigenvalue weighted by Gasteiger charge is 2.19. The fourth-order valence-electron chi connectivity index (χ4n) is 1.95. The zero-order chi connectivity index (χ0) is 15.2. The van der Waals surface area contributed by atoms with Gasteiger partial charge in [-0.05, 0) is 31.5 Å². The zero-order valence-corrected chi connectivity index (χ0v) is 12.6. The fraction of sp³-hybridized carbons (Fsp3) is 0.294. The van der Waals surface area contributed by atoms with Gasteiger partial charge in [0.1, 0.15) is 6.10 Å². The van der Waals surface area contributed by atoms with Crippen molar-refractivity contribution in [1.82, 2.24) is 5.01 Å². The van der Waals surface area contributed by atoms with E-state index in [0.717, 1.165) is 11.3 Å². The van der Waals surface area contributed by atoms with Gasteiger partial charge in [-0.2, -0.15) is 0 Å². The van der Waals surface area contributed by atoms with E-state index in [1.807, 2.05) is 75.5 Å². The molecule has 0 radical (unpaired) electrons. The van der Waals surface area contributed by atoms with Gasteiger partial charge >= 0.3 is 0 Å². The van der Waals surface area contributed by atoms with Crippen molar-refractivity contribution in [3.8, 4) is 0 Å². The summed E-state index contributed by atoms with van der Waals surface area (Å²) in [5.74, 6) is 0. The van der Waals surface area contributed by atoms with Gasteiger partial charge in [0.2, 0.25) is 0 Å². The van der Waals surface area contributed by atoms with Crippen LogP contribution in [0.15, 0.2) is 64.9 Å². The van der Waals surface area contributed by atoms with E-state index in [0.29, 0.717) is 0 Å². The second-order valence-corrected chi connectivity index (χ2v) is 5.19. The highest BCUT2D eigenvalue weighted by atomic mass is 16.3. The molecule has 4 nitrogen and oxygen atoms in total. The van der Waals surface area contributed by atoms with Crippen LogP contribution in [-0.2, 0) is 0 Å². The van der Waals surface area contributed by atoms with Crippen LogP contribution >= 0.6 is 0 Å². The molecule has 2 rings (SSSR count). The summed E-state index contributed by atoms with van der Waals surface area (Å²) in [7, 11) is 1.81. The molecule has 0 heterocycles. The first-order valence-electron chi connectivity index (χ1n) is 7.02. The number of likely N-dealkylation sites (N-methyl/N-ethyl adjacent to an activating group) is 1. The summed E-state index contributed by atoms with van der Waals surface area (Å²) in [5.41, 5.74) is 2.87. The summed E-state index contributed by atoms with van der Waals surface area (Å²) < 4.78 is 0. The molecule has 0 aromatic heterocycles. The van der Waals surface area contributed by atoms with E-state index in [-0.39, 0.29) is 6.04 Å². The Balaban J connectivity index is 2.02. The minimum atomic E-state index is -0.604. The van der Waals surface area contributed by atoms with E-state index in [2.05, 4.69) is 10.3 Å². The molecule has 110 valence electrons. The molecule has 0 aliphatic heterocycles. The molecule has 0 spiro atoms. The maximum atomic E-state index is 10.3. The minimum Gasteiger partial charge on any atom is -0.386 e. The molecule has 0 saturated heterocycles. The first-order chi connectivity index (χ1) is 10.1. The second-order valence-electron chi connectivity index (χ2n) is 5.19. The van der Waals surface area contributed by atoms with Gasteiger partial charge < -0.3 is 5.11 Å². The van der Waals surface area contributed by atoms with Gasteiger partial charge in [-0.1, -0.05) is 53.3 Å². The van der Waals surface area contributed by atoms with Crippen LogP contribution in [0.25, 0.3) is 0 Å². The Kier molecular flexibility index (Phi) is 5.06. The van der Waals surface area contributed by atoms with Crippen LogP contribution in [0.1, 0.15) is 24.2 Å². The number of hydrogen-bond acceptors (Lipinski definition) is 3. The lowest BCUT2D eigenvalue weighted by Gasteiger charge is -2.25. The zero-order valence-electron chi connectivity index (χ0n) is 12.6. The third-order valence-electron chi connectivity index (χ3n) is 3.52. The molecule has 0 saturated carbocycles. The predicted octanol–water partition coefficient (Wildman–Crippen LogP) is 4.05. The van der Waals surface area contributed by atoms with Crippen molar-refractivity contribution < 1.29 is 5.11 Å². The lowest BCUT2D eigenvalue weighted by Crippen LogP contribution is -2.30. The van der Waals surface area contributed by atoms with Crippen LogP contribution in [0.2, 0.25) is 0 Å². The molecule has 21 heavy (non-hydrogen) atoms. The Labute approximate surface area is 125 Å². The Morgan fingerprint density at radius 1 is 1.00 bits per heavy atom. The normalized spacial score (nSPS) is 14.1. The van der Waals surface area contributed by atoms with Crippen LogP contribution in [0.5, 0.6) is 0 Å². The van der Waals surface area contributed by atoms with Crippen LogP contribution < -0.4 is 0 Å². The smallest absolute Gasteiger partial charge is 0.101 e. The quantitative estimate of drug-likeness (QED) is 0.665. The number of aliphatic hydroxyl groups excluding tert-OH is 1. The van der Waals surface area contributed by atoms with E-state index in [4.69, 9.17) is 0 Å². The third kappa shape index (κ3) is 4.13. The van der Waals surface area contributed by atoms with Gasteiger partial charge in [0, 0.05) is 7.05 Å². The molecule has 0 bridgehead atoms. The summed E-state index contributed by atoms with van der Waals surface area (Å²) in [5, 5.41) is 20.4. The number of benzene rings is 2. The number of nitrogens with zero attached hydrogens (tertiary/aromatic N) is 3. The first kappa shape index (κ1) is 15.2. The lowest BCUT2D eigenvalue weighted by atomic mass is 10.0. The van der Waals surface area contributed by atoms with Gasteiger partial charge in [-0.3, -0.25) is 5.01 Å². The van der Waals surface area contributed by atoms with Crippen molar-refractivity contribution >= 4 is 5.69 Å². The second kappa shape index (κ2) is 6.99. The average molecular weight is 283 g/mol. The van der Waals surface area contributed by atoms with Gasteiger partial charge in [-0.15, -0.1) is 5.11 Å². The van der Waals surface area contributed by atoms with Crippen LogP contribution in [0, 0.1) is 6.92 Å². The average Bonchev–Trinajstić information content (AvgIpc) is 2.53.